The molecule has 1 amide bonds. The summed E-state index contributed by atoms with van der Waals surface area (Å²) in [5.74, 6) is 1.05. The van der Waals surface area contributed by atoms with Crippen molar-refractivity contribution in [2.45, 2.75) is 0 Å². The number of anilines is 1. The molecule has 0 aromatic heterocycles. The van der Waals surface area contributed by atoms with E-state index in [2.05, 4.69) is 5.32 Å². The van der Waals surface area contributed by atoms with E-state index >= 15 is 0 Å². The molecule has 0 atom stereocenters. The second kappa shape index (κ2) is 10.2. The molecule has 0 spiro atoms. The Morgan fingerprint density at radius 1 is 0.969 bits per heavy atom. The molecule has 0 heterocycles. The zero-order valence-electron chi connectivity index (χ0n) is 18.2. The monoisotopic (exact) mass is 458 g/mol. The van der Waals surface area contributed by atoms with E-state index in [9.17, 15) is 13.2 Å². The average Bonchev–Trinajstić information content (AvgIpc) is 2.79. The lowest BCUT2D eigenvalue weighted by molar-refractivity contribution is -0.119. The number of hydrogen-bond donors (Lipinski definition) is 1. The first-order chi connectivity index (χ1) is 15.3. The van der Waals surface area contributed by atoms with Crippen LogP contribution in [0.2, 0.25) is 0 Å². The lowest BCUT2D eigenvalue weighted by atomic mass is 10.1. The molecule has 9 heteroatoms. The second-order valence-electron chi connectivity index (χ2n) is 6.98. The Morgan fingerprint density at radius 2 is 1.72 bits per heavy atom. The summed E-state index contributed by atoms with van der Waals surface area (Å²) in [5, 5.41) is 4.74. The highest BCUT2D eigenvalue weighted by molar-refractivity contribution is 7.92. The Labute approximate surface area is 187 Å². The van der Waals surface area contributed by atoms with Gasteiger partial charge in [0.15, 0.2) is 0 Å². The van der Waals surface area contributed by atoms with Crippen LogP contribution in [0, 0.1) is 0 Å². The topological polar surface area (TPSA) is 94.2 Å². The number of fused-ring (bicyclic) bond motifs is 1. The van der Waals surface area contributed by atoms with Crippen LogP contribution in [0.15, 0.2) is 60.7 Å². The van der Waals surface area contributed by atoms with Crippen LogP contribution < -0.4 is 23.8 Å². The molecule has 3 rings (SSSR count). The van der Waals surface area contributed by atoms with Gasteiger partial charge in [-0.1, -0.05) is 36.4 Å². The summed E-state index contributed by atoms with van der Waals surface area (Å²) >= 11 is 0. The fourth-order valence-electron chi connectivity index (χ4n) is 3.23. The molecule has 32 heavy (non-hydrogen) atoms. The number of hydrogen-bond acceptors (Lipinski definition) is 6. The van der Waals surface area contributed by atoms with Gasteiger partial charge in [-0.15, -0.1) is 0 Å². The fraction of sp³-hybridized carbons (Fsp3) is 0.261. The minimum Gasteiger partial charge on any atom is -0.497 e. The highest BCUT2D eigenvalue weighted by atomic mass is 32.2. The molecule has 0 radical (unpaired) electrons. The molecular weight excluding hydrogens is 432 g/mol. The fourth-order valence-corrected chi connectivity index (χ4v) is 4.09. The van der Waals surface area contributed by atoms with Crippen molar-refractivity contribution >= 4 is 32.4 Å². The van der Waals surface area contributed by atoms with Crippen LogP contribution in [0.1, 0.15) is 0 Å². The third kappa shape index (κ3) is 5.61. The van der Waals surface area contributed by atoms with Crippen molar-refractivity contribution in [2.24, 2.45) is 0 Å². The van der Waals surface area contributed by atoms with E-state index in [0.717, 1.165) is 27.1 Å². The highest BCUT2D eigenvalue weighted by Gasteiger charge is 2.24. The Morgan fingerprint density at radius 3 is 2.44 bits per heavy atom. The molecule has 3 aromatic carbocycles. The van der Waals surface area contributed by atoms with Crippen LogP contribution in [0.5, 0.6) is 17.2 Å². The van der Waals surface area contributed by atoms with Gasteiger partial charge in [0.25, 0.3) is 0 Å². The van der Waals surface area contributed by atoms with Gasteiger partial charge in [-0.3, -0.25) is 9.10 Å². The summed E-state index contributed by atoms with van der Waals surface area (Å²) < 4.78 is 42.0. The minimum absolute atomic E-state index is 0.222. The molecule has 3 aromatic rings. The summed E-state index contributed by atoms with van der Waals surface area (Å²) in [6.45, 7) is 0.0691. The van der Waals surface area contributed by atoms with E-state index in [1.807, 2.05) is 42.5 Å². The molecule has 170 valence electrons. The van der Waals surface area contributed by atoms with Crippen molar-refractivity contribution in [3.05, 3.63) is 60.7 Å². The van der Waals surface area contributed by atoms with Crippen molar-refractivity contribution in [1.29, 1.82) is 0 Å². The number of sulfonamides is 1. The normalized spacial score (nSPS) is 11.1. The number of benzene rings is 3. The molecule has 0 unspecified atom stereocenters. The van der Waals surface area contributed by atoms with E-state index < -0.39 is 22.5 Å². The summed E-state index contributed by atoms with van der Waals surface area (Å²) in [5.41, 5.74) is 0.248. The lowest BCUT2D eigenvalue weighted by Crippen LogP contribution is -2.41. The minimum atomic E-state index is -3.74. The molecular formula is C23H26N2O6S. The predicted octanol–water partition coefficient (Wildman–Crippen LogP) is 2.82. The number of rotatable bonds is 10. The van der Waals surface area contributed by atoms with Gasteiger partial charge in [0.2, 0.25) is 15.9 Å². The highest BCUT2D eigenvalue weighted by Crippen LogP contribution is 2.33. The summed E-state index contributed by atoms with van der Waals surface area (Å²) in [4.78, 5) is 12.5. The molecule has 0 saturated carbocycles. The molecule has 0 bridgehead atoms. The maximum absolute atomic E-state index is 12.5. The van der Waals surface area contributed by atoms with E-state index in [1.54, 1.807) is 12.1 Å². The third-order valence-corrected chi connectivity index (χ3v) is 5.90. The molecule has 8 nitrogen and oxygen atoms in total. The van der Waals surface area contributed by atoms with Crippen LogP contribution in [0.4, 0.5) is 5.69 Å². The maximum atomic E-state index is 12.5. The Kier molecular flexibility index (Phi) is 7.42. The van der Waals surface area contributed by atoms with Gasteiger partial charge < -0.3 is 19.5 Å². The quantitative estimate of drug-likeness (QED) is 0.470. The average molecular weight is 459 g/mol. The first-order valence-corrected chi connectivity index (χ1v) is 11.8. The van der Waals surface area contributed by atoms with E-state index in [0.29, 0.717) is 5.75 Å². The molecule has 1 N–H and O–H groups in total. The third-order valence-electron chi connectivity index (χ3n) is 4.77. The number of methoxy groups -OCH3 is 2. The number of carbonyl (C=O) groups excluding carboxylic acids is 1. The number of carbonyl (C=O) groups is 1. The number of amides is 1. The summed E-state index contributed by atoms with van der Waals surface area (Å²) in [6, 6.07) is 18.3. The van der Waals surface area contributed by atoms with E-state index in [1.165, 1.54) is 20.3 Å². The second-order valence-corrected chi connectivity index (χ2v) is 8.89. The van der Waals surface area contributed by atoms with E-state index in [4.69, 9.17) is 14.2 Å². The van der Waals surface area contributed by atoms with Gasteiger partial charge in [-0.2, -0.15) is 0 Å². The zero-order chi connectivity index (χ0) is 23.1. The van der Waals surface area contributed by atoms with Crippen LogP contribution in [-0.4, -0.2) is 54.5 Å². The number of ether oxygens (including phenoxy) is 3. The number of nitrogens with one attached hydrogen (secondary N) is 1. The first kappa shape index (κ1) is 23.2. The van der Waals surface area contributed by atoms with Crippen molar-refractivity contribution in [1.82, 2.24) is 5.32 Å². The van der Waals surface area contributed by atoms with Crippen LogP contribution in [0.25, 0.3) is 10.8 Å². The molecule has 0 saturated heterocycles. The summed E-state index contributed by atoms with van der Waals surface area (Å²) in [6.07, 6.45) is 1.04. The van der Waals surface area contributed by atoms with Gasteiger partial charge in [-0.25, -0.2) is 8.42 Å². The van der Waals surface area contributed by atoms with Gasteiger partial charge in [0.05, 0.1) is 32.7 Å². The Bertz CT molecular complexity index is 1190. The van der Waals surface area contributed by atoms with Gasteiger partial charge in [-0.05, 0) is 23.6 Å². The van der Waals surface area contributed by atoms with Gasteiger partial charge in [0, 0.05) is 11.5 Å². The van der Waals surface area contributed by atoms with E-state index in [-0.39, 0.29) is 24.6 Å². The number of nitrogens with zero attached hydrogens (tertiary/aromatic N) is 1. The van der Waals surface area contributed by atoms with Crippen LogP contribution in [0.3, 0.4) is 0 Å². The Balaban J connectivity index is 1.63. The zero-order valence-corrected chi connectivity index (χ0v) is 19.0. The lowest BCUT2D eigenvalue weighted by Gasteiger charge is -2.24. The molecule has 0 aliphatic rings. The first-order valence-electron chi connectivity index (χ1n) is 9.90. The van der Waals surface area contributed by atoms with Crippen LogP contribution in [-0.2, 0) is 14.8 Å². The molecule has 0 aliphatic heterocycles. The predicted molar refractivity (Wildman–Crippen MR) is 124 cm³/mol. The summed E-state index contributed by atoms with van der Waals surface area (Å²) in [7, 11) is -0.826. The van der Waals surface area contributed by atoms with Gasteiger partial charge in [0.1, 0.15) is 30.4 Å². The molecule has 0 fully saturated rings. The van der Waals surface area contributed by atoms with Crippen molar-refractivity contribution in [3.8, 4) is 17.2 Å². The van der Waals surface area contributed by atoms with Crippen molar-refractivity contribution < 1.29 is 27.4 Å². The molecule has 0 aliphatic carbocycles. The smallest absolute Gasteiger partial charge is 0.240 e. The van der Waals surface area contributed by atoms with Crippen molar-refractivity contribution in [3.63, 3.8) is 0 Å². The largest absolute Gasteiger partial charge is 0.497 e. The van der Waals surface area contributed by atoms with Crippen LogP contribution >= 0.6 is 0 Å². The maximum Gasteiger partial charge on any atom is 0.240 e. The Hall–Kier alpha value is -3.46. The van der Waals surface area contributed by atoms with Crippen molar-refractivity contribution in [2.75, 3.05) is 44.5 Å². The standard InChI is InChI=1S/C23H26N2O6S/c1-29-18-11-12-20(22(15-18)30-2)25(32(3,27)28)16-23(26)24-13-14-31-21-10-6-8-17-7-4-5-9-19(17)21/h4-12,15H,13-14,16H2,1-3H3,(H,24,26). The van der Waals surface area contributed by atoms with Gasteiger partial charge >= 0.3 is 0 Å². The SMILES string of the molecule is COc1ccc(N(CC(=O)NCCOc2cccc3ccccc23)S(C)(=O)=O)c(OC)c1.